The summed E-state index contributed by atoms with van der Waals surface area (Å²) in [5.41, 5.74) is 6.74. The van der Waals surface area contributed by atoms with Gasteiger partial charge in [0.15, 0.2) is 0 Å². The molecule has 5 heteroatoms. The first-order chi connectivity index (χ1) is 16.1. The van der Waals surface area contributed by atoms with E-state index >= 15 is 0 Å². The monoisotopic (exact) mass is 498 g/mol. The van der Waals surface area contributed by atoms with Crippen LogP contribution in [-0.4, -0.2) is 0 Å². The summed E-state index contributed by atoms with van der Waals surface area (Å²) in [5.74, 6) is -0.610. The van der Waals surface area contributed by atoms with Crippen molar-refractivity contribution >= 4 is 55.1 Å². The Balaban J connectivity index is 1.53. The molecule has 0 radical (unpaired) electrons. The van der Waals surface area contributed by atoms with Crippen LogP contribution in [-0.2, 0) is 0 Å². The highest BCUT2D eigenvalue weighted by molar-refractivity contribution is 9.10. The van der Waals surface area contributed by atoms with Crippen molar-refractivity contribution in [2.45, 2.75) is 0 Å². The molecule has 1 heterocycles. The van der Waals surface area contributed by atoms with E-state index in [1.807, 2.05) is 17.0 Å². The van der Waals surface area contributed by atoms with Crippen LogP contribution >= 0.6 is 15.9 Å². The van der Waals surface area contributed by atoms with E-state index in [1.165, 1.54) is 35.2 Å². The summed E-state index contributed by atoms with van der Waals surface area (Å²) in [6.07, 6.45) is 0. The van der Waals surface area contributed by atoms with E-state index < -0.39 is 0 Å². The molecule has 0 saturated heterocycles. The molecule has 0 saturated carbocycles. The first kappa shape index (κ1) is 19.9. The molecule has 0 bridgehead atoms. The number of anilines is 5. The molecule has 1 aliphatic rings. The number of nitrogens with one attached hydrogen (secondary N) is 1. The predicted octanol–water partition coefficient (Wildman–Crippen LogP) is 9.07. The van der Waals surface area contributed by atoms with Crippen molar-refractivity contribution in [2.75, 3.05) is 10.2 Å². The fourth-order valence-corrected chi connectivity index (χ4v) is 4.94. The maximum atomic E-state index is 13.6. The van der Waals surface area contributed by atoms with E-state index in [0.717, 1.165) is 43.9 Å². The number of hydrogen-bond acceptors (Lipinski definition) is 2. The lowest BCUT2D eigenvalue weighted by Gasteiger charge is -2.28. The van der Waals surface area contributed by atoms with Gasteiger partial charge in [0.05, 0.1) is 0 Å². The van der Waals surface area contributed by atoms with Crippen LogP contribution in [0.5, 0.6) is 0 Å². The van der Waals surface area contributed by atoms with E-state index in [-0.39, 0.29) is 11.6 Å². The summed E-state index contributed by atoms with van der Waals surface area (Å²) in [7, 11) is 0. The average molecular weight is 499 g/mol. The van der Waals surface area contributed by atoms with Crippen molar-refractivity contribution in [3.63, 3.8) is 0 Å². The molecule has 0 aliphatic carbocycles. The van der Waals surface area contributed by atoms with Gasteiger partial charge >= 0.3 is 0 Å². The largest absolute Gasteiger partial charge is 0.354 e. The lowest BCUT2D eigenvalue weighted by molar-refractivity contribution is 0.628. The molecule has 5 aromatic carbocycles. The maximum Gasteiger partial charge on any atom is 0.123 e. The van der Waals surface area contributed by atoms with E-state index in [9.17, 15) is 8.78 Å². The van der Waals surface area contributed by atoms with Gasteiger partial charge in [0.2, 0.25) is 0 Å². The number of hydrogen-bond donors (Lipinski definition) is 1. The molecule has 1 N–H and O–H groups in total. The molecule has 160 valence electrons. The lowest BCUT2D eigenvalue weighted by Crippen LogP contribution is -2.11. The Bertz CT molecular complexity index is 1470. The van der Waals surface area contributed by atoms with Gasteiger partial charge in [0, 0.05) is 43.9 Å². The van der Waals surface area contributed by atoms with Gasteiger partial charge in [-0.15, -0.1) is 0 Å². The topological polar surface area (TPSA) is 15.3 Å². The normalized spacial score (nSPS) is 11.7. The van der Waals surface area contributed by atoms with Crippen molar-refractivity contribution in [2.24, 2.45) is 0 Å². The molecule has 0 amide bonds. The van der Waals surface area contributed by atoms with Crippen LogP contribution in [0.25, 0.3) is 21.9 Å². The van der Waals surface area contributed by atoms with Crippen molar-refractivity contribution in [1.82, 2.24) is 0 Å². The summed E-state index contributed by atoms with van der Waals surface area (Å²) in [6, 6.07) is 29.2. The van der Waals surface area contributed by atoms with Crippen LogP contribution in [0.1, 0.15) is 0 Å². The zero-order valence-electron chi connectivity index (χ0n) is 17.3. The minimum Gasteiger partial charge on any atom is -0.354 e. The number of fused-ring (bicyclic) bond motifs is 2. The van der Waals surface area contributed by atoms with Crippen molar-refractivity contribution < 1.29 is 8.78 Å². The molecule has 1 aliphatic heterocycles. The van der Waals surface area contributed by atoms with Crippen LogP contribution in [0, 0.1) is 11.6 Å². The van der Waals surface area contributed by atoms with E-state index in [2.05, 4.69) is 57.6 Å². The second-order valence-corrected chi connectivity index (χ2v) is 8.82. The zero-order chi connectivity index (χ0) is 22.5. The Morgan fingerprint density at radius 1 is 0.606 bits per heavy atom. The zero-order valence-corrected chi connectivity index (χ0v) is 18.9. The highest BCUT2D eigenvalue weighted by atomic mass is 79.9. The molecule has 0 atom stereocenters. The Labute approximate surface area is 198 Å². The second kappa shape index (κ2) is 7.71. The summed E-state index contributed by atoms with van der Waals surface area (Å²) < 4.78 is 28.3. The Morgan fingerprint density at radius 3 is 1.91 bits per heavy atom. The molecule has 0 unspecified atom stereocenters. The van der Waals surface area contributed by atoms with Gasteiger partial charge in [-0.25, -0.2) is 8.78 Å². The molecule has 0 aromatic heterocycles. The summed E-state index contributed by atoms with van der Waals surface area (Å²) in [6.45, 7) is 0. The van der Waals surface area contributed by atoms with Gasteiger partial charge in [-0.05, 0) is 83.7 Å². The highest BCUT2D eigenvalue weighted by Crippen LogP contribution is 2.47. The Kier molecular flexibility index (Phi) is 4.66. The summed E-state index contributed by atoms with van der Waals surface area (Å²) in [4.78, 5) is 1.98. The number of nitrogens with zero attached hydrogens (tertiary/aromatic N) is 1. The summed E-state index contributed by atoms with van der Waals surface area (Å²) >= 11 is 3.66. The third-order valence-corrected chi connectivity index (χ3v) is 6.67. The first-order valence-electron chi connectivity index (χ1n) is 10.5. The quantitative estimate of drug-likeness (QED) is 0.261. The molecular formula is C28H17BrF2N2. The third kappa shape index (κ3) is 3.36. The average Bonchev–Trinajstić information content (AvgIpc) is 2.84. The minimum atomic E-state index is -0.305. The smallest absolute Gasteiger partial charge is 0.123 e. The molecule has 0 spiro atoms. The fourth-order valence-electron chi connectivity index (χ4n) is 4.48. The van der Waals surface area contributed by atoms with Crippen LogP contribution in [0.15, 0.2) is 102 Å². The SMILES string of the molecule is Fc1ccc(N(c2ccc(F)cc2)c2ccc3c(c2)Nc2ccc(Br)c4cccc-3c24)cc1. The molecule has 0 fully saturated rings. The van der Waals surface area contributed by atoms with E-state index in [1.54, 1.807) is 24.3 Å². The van der Waals surface area contributed by atoms with Crippen LogP contribution in [0.2, 0.25) is 0 Å². The van der Waals surface area contributed by atoms with Crippen molar-refractivity contribution in [3.05, 3.63) is 113 Å². The summed E-state index contributed by atoms with van der Waals surface area (Å²) in [5, 5.41) is 5.92. The van der Waals surface area contributed by atoms with E-state index in [4.69, 9.17) is 0 Å². The van der Waals surface area contributed by atoms with Crippen molar-refractivity contribution in [1.29, 1.82) is 0 Å². The molecule has 5 aromatic rings. The Hall–Kier alpha value is -3.70. The maximum absolute atomic E-state index is 13.6. The first-order valence-corrected chi connectivity index (χ1v) is 11.3. The highest BCUT2D eigenvalue weighted by Gasteiger charge is 2.21. The minimum absolute atomic E-state index is 0.305. The van der Waals surface area contributed by atoms with Gasteiger partial charge in [0.1, 0.15) is 11.6 Å². The van der Waals surface area contributed by atoms with Gasteiger partial charge in [0.25, 0.3) is 0 Å². The second-order valence-electron chi connectivity index (χ2n) is 7.97. The van der Waals surface area contributed by atoms with Crippen LogP contribution < -0.4 is 10.2 Å². The van der Waals surface area contributed by atoms with Gasteiger partial charge in [-0.2, -0.15) is 0 Å². The van der Waals surface area contributed by atoms with Crippen LogP contribution in [0.3, 0.4) is 0 Å². The number of rotatable bonds is 3. The number of benzene rings is 5. The number of halogens is 3. The van der Waals surface area contributed by atoms with E-state index in [0.29, 0.717) is 0 Å². The fraction of sp³-hybridized carbons (Fsp3) is 0. The Morgan fingerprint density at radius 2 is 1.24 bits per heavy atom. The molecule has 6 rings (SSSR count). The van der Waals surface area contributed by atoms with Gasteiger partial charge in [-0.3, -0.25) is 0 Å². The lowest BCUT2D eigenvalue weighted by atomic mass is 9.92. The van der Waals surface area contributed by atoms with Crippen molar-refractivity contribution in [3.8, 4) is 11.1 Å². The predicted molar refractivity (Wildman–Crippen MR) is 135 cm³/mol. The van der Waals surface area contributed by atoms with Gasteiger partial charge < -0.3 is 10.2 Å². The molecule has 2 nitrogen and oxygen atoms in total. The third-order valence-electron chi connectivity index (χ3n) is 5.98. The van der Waals surface area contributed by atoms with Crippen LogP contribution in [0.4, 0.5) is 37.2 Å². The standard InChI is InChI=1S/C28H17BrF2N2/c29-25-14-15-26-28-23(2-1-3-24(25)28)22-13-12-21(16-27(22)32-26)33(19-8-4-17(30)5-9-19)20-10-6-18(31)7-11-20/h1-16,32H. The molecule has 33 heavy (non-hydrogen) atoms. The van der Waals surface area contributed by atoms with Gasteiger partial charge in [-0.1, -0.05) is 40.2 Å². The molecular weight excluding hydrogens is 482 g/mol.